The molecule has 20 heavy (non-hydrogen) atoms. The van der Waals surface area contributed by atoms with Gasteiger partial charge >= 0.3 is 24.9 Å². The van der Waals surface area contributed by atoms with Crippen LogP contribution in [-0.4, -0.2) is 44.3 Å². The molecule has 0 aromatic carbocycles. The van der Waals surface area contributed by atoms with Crippen molar-refractivity contribution in [3.05, 3.63) is 0 Å². The van der Waals surface area contributed by atoms with E-state index in [1.165, 1.54) is 0 Å². The Bertz CT molecular complexity index is 250. The van der Waals surface area contributed by atoms with Gasteiger partial charge in [-0.25, -0.2) is 17.6 Å². The van der Waals surface area contributed by atoms with Crippen LogP contribution in [0, 0.1) is 0 Å². The molecule has 13 heteroatoms. The molecule has 0 fully saturated rings. The molecule has 0 spiro atoms. The summed E-state index contributed by atoms with van der Waals surface area (Å²) in [7, 11) is 0.520. The van der Waals surface area contributed by atoms with E-state index in [-0.39, 0.29) is 0 Å². The Kier molecular flexibility index (Phi) is 7.73. The fourth-order valence-corrected chi connectivity index (χ4v) is 0.421. The number of halogens is 12. The molecule has 1 nitrogen and oxygen atoms in total. The van der Waals surface area contributed by atoms with Crippen molar-refractivity contribution in [1.82, 2.24) is 0 Å². The van der Waals surface area contributed by atoms with Gasteiger partial charge in [-0.15, -0.1) is 0 Å². The zero-order chi connectivity index (χ0) is 16.9. The van der Waals surface area contributed by atoms with E-state index in [1.54, 1.807) is 0 Å². The first kappa shape index (κ1) is 21.4. The van der Waals surface area contributed by atoms with Gasteiger partial charge in [0.25, 0.3) is 0 Å². The minimum atomic E-state index is -5.82. The maximum Gasteiger partial charge on any atom is 0.422 e. The second-order valence-electron chi connectivity index (χ2n) is 2.95. The van der Waals surface area contributed by atoms with Crippen LogP contribution in [0.4, 0.5) is 52.7 Å². The van der Waals surface area contributed by atoms with Crippen LogP contribution in [0.3, 0.4) is 0 Å². The van der Waals surface area contributed by atoms with Gasteiger partial charge in [0.15, 0.2) is 0 Å². The predicted molar refractivity (Wildman–Crippen MR) is 39.9 cm³/mol. The molecule has 0 aromatic heterocycles. The van der Waals surface area contributed by atoms with E-state index in [0.29, 0.717) is 7.11 Å². The van der Waals surface area contributed by atoms with E-state index in [4.69, 9.17) is 0 Å². The molecule has 0 rings (SSSR count). The van der Waals surface area contributed by atoms with Gasteiger partial charge in [0, 0.05) is 7.11 Å². The second-order valence-corrected chi connectivity index (χ2v) is 2.95. The molecular weight excluding hydrogens is 328 g/mol. The minimum absolute atomic E-state index is 0.520. The van der Waals surface area contributed by atoms with Crippen LogP contribution >= 0.6 is 0 Å². The molecule has 124 valence electrons. The third kappa shape index (κ3) is 7.65. The predicted octanol–water partition coefficient (Wildman–Crippen LogP) is 4.28. The quantitative estimate of drug-likeness (QED) is 0.700. The van der Waals surface area contributed by atoms with Crippen molar-refractivity contribution < 1.29 is 57.4 Å². The lowest BCUT2D eigenvalue weighted by atomic mass is 10.2. The molecule has 0 saturated carbocycles. The monoisotopic (exact) mass is 334 g/mol. The van der Waals surface area contributed by atoms with E-state index in [2.05, 4.69) is 4.74 Å². The first-order valence-electron chi connectivity index (χ1n) is 4.20. The molecule has 0 N–H and O–H groups in total. The maximum absolute atomic E-state index is 11.6. The average molecular weight is 334 g/mol. The molecule has 0 aliphatic heterocycles. The molecule has 0 heterocycles. The molecule has 0 bridgehead atoms. The fraction of sp³-hybridized carbons (Fsp3) is 1.00. The summed E-state index contributed by atoms with van der Waals surface area (Å²) in [6, 6.07) is 0. The van der Waals surface area contributed by atoms with Crippen LogP contribution in [0.5, 0.6) is 0 Å². The number of rotatable bonds is 3. The normalized spacial score (nSPS) is 16.5. The lowest BCUT2D eigenvalue weighted by Gasteiger charge is -2.18. The summed E-state index contributed by atoms with van der Waals surface area (Å²) in [5.41, 5.74) is 0. The Balaban J connectivity index is 0. The number of alkyl halides is 12. The van der Waals surface area contributed by atoms with Crippen molar-refractivity contribution in [2.75, 3.05) is 7.11 Å². The van der Waals surface area contributed by atoms with Crippen molar-refractivity contribution >= 4 is 0 Å². The summed E-state index contributed by atoms with van der Waals surface area (Å²) >= 11 is 0. The Hall–Kier alpha value is -0.880. The standard InChI is InChI=1S/C4H2F8.C3H4F4O/c5-1(3(7,8)9)2(6)4(10,11)12;1-8-3(6,7)2(4)5/h1-2H;2H,1H3. The molecule has 0 saturated heterocycles. The van der Waals surface area contributed by atoms with Crippen LogP contribution in [0.1, 0.15) is 0 Å². The molecule has 0 aromatic rings. The van der Waals surface area contributed by atoms with Crippen molar-refractivity contribution in [3.63, 3.8) is 0 Å². The lowest BCUT2D eigenvalue weighted by molar-refractivity contribution is -0.287. The van der Waals surface area contributed by atoms with Gasteiger partial charge in [-0.3, -0.25) is 0 Å². The zero-order valence-corrected chi connectivity index (χ0v) is 9.18. The summed E-state index contributed by atoms with van der Waals surface area (Å²) in [6.45, 7) is 0. The van der Waals surface area contributed by atoms with Crippen LogP contribution in [0.15, 0.2) is 0 Å². The first-order valence-corrected chi connectivity index (χ1v) is 4.20. The third-order valence-electron chi connectivity index (χ3n) is 1.41. The molecule has 0 aliphatic rings. The van der Waals surface area contributed by atoms with Crippen molar-refractivity contribution in [3.8, 4) is 0 Å². The number of hydrogen-bond donors (Lipinski definition) is 0. The first-order chi connectivity index (χ1) is 8.57. The van der Waals surface area contributed by atoms with E-state index in [1.807, 2.05) is 0 Å². The molecule has 0 aliphatic carbocycles. The van der Waals surface area contributed by atoms with Crippen molar-refractivity contribution in [2.45, 2.75) is 37.2 Å². The second kappa shape index (κ2) is 7.22. The summed E-state index contributed by atoms with van der Waals surface area (Å²) in [6.07, 6.45) is -28.7. The van der Waals surface area contributed by atoms with Crippen molar-refractivity contribution in [2.24, 2.45) is 0 Å². The maximum atomic E-state index is 11.6. The van der Waals surface area contributed by atoms with E-state index in [0.717, 1.165) is 0 Å². The molecule has 2 atom stereocenters. The molecular formula is C7H6F12O. The third-order valence-corrected chi connectivity index (χ3v) is 1.41. The highest BCUT2D eigenvalue weighted by molar-refractivity contribution is 4.80. The Morgan fingerprint density at radius 2 is 0.900 bits per heavy atom. The van der Waals surface area contributed by atoms with Crippen LogP contribution < -0.4 is 0 Å². The van der Waals surface area contributed by atoms with Gasteiger partial charge in [-0.2, -0.15) is 35.1 Å². The van der Waals surface area contributed by atoms with Crippen LogP contribution in [0.25, 0.3) is 0 Å². The minimum Gasteiger partial charge on any atom is -0.319 e. The highest BCUT2D eigenvalue weighted by Gasteiger charge is 2.56. The number of hydrogen-bond acceptors (Lipinski definition) is 1. The van der Waals surface area contributed by atoms with Crippen molar-refractivity contribution in [1.29, 1.82) is 0 Å². The van der Waals surface area contributed by atoms with Gasteiger partial charge in [-0.1, -0.05) is 0 Å². The van der Waals surface area contributed by atoms with E-state index < -0.39 is 37.2 Å². The highest BCUT2D eigenvalue weighted by Crippen LogP contribution is 2.35. The summed E-state index contributed by atoms with van der Waals surface area (Å²) < 4.78 is 137. The van der Waals surface area contributed by atoms with Gasteiger partial charge in [0.1, 0.15) is 0 Å². The lowest BCUT2D eigenvalue weighted by Crippen LogP contribution is -2.42. The number of ether oxygens (including phenoxy) is 1. The van der Waals surface area contributed by atoms with Crippen LogP contribution in [-0.2, 0) is 4.74 Å². The Labute approximate surface area is 103 Å². The fourth-order valence-electron chi connectivity index (χ4n) is 0.421. The van der Waals surface area contributed by atoms with Crippen LogP contribution in [0.2, 0.25) is 0 Å². The smallest absolute Gasteiger partial charge is 0.319 e. The molecule has 0 amide bonds. The summed E-state index contributed by atoms with van der Waals surface area (Å²) in [5.74, 6) is 0. The van der Waals surface area contributed by atoms with Gasteiger partial charge in [0.05, 0.1) is 0 Å². The Morgan fingerprint density at radius 3 is 0.950 bits per heavy atom. The van der Waals surface area contributed by atoms with Gasteiger partial charge < -0.3 is 4.74 Å². The SMILES string of the molecule is COC(F)(F)C(F)F.FC(C(F)C(F)(F)F)C(F)(F)F. The van der Waals surface area contributed by atoms with E-state index >= 15 is 0 Å². The van der Waals surface area contributed by atoms with Gasteiger partial charge in [0.2, 0.25) is 12.3 Å². The van der Waals surface area contributed by atoms with E-state index in [9.17, 15) is 52.7 Å². The Morgan fingerprint density at radius 1 is 0.650 bits per heavy atom. The summed E-state index contributed by atoms with van der Waals surface area (Å²) in [4.78, 5) is 0. The zero-order valence-electron chi connectivity index (χ0n) is 9.18. The average Bonchev–Trinajstić information content (AvgIpc) is 2.25. The van der Waals surface area contributed by atoms with Gasteiger partial charge in [-0.05, 0) is 0 Å². The topological polar surface area (TPSA) is 9.23 Å². The summed E-state index contributed by atoms with van der Waals surface area (Å²) in [5, 5.41) is 0. The highest BCUT2D eigenvalue weighted by atomic mass is 19.4. The molecule has 2 unspecified atom stereocenters. The number of methoxy groups -OCH3 is 1. The molecule has 0 radical (unpaired) electrons. The largest absolute Gasteiger partial charge is 0.422 e.